The molecule has 0 spiro atoms. The van der Waals surface area contributed by atoms with Crippen LogP contribution in [0.4, 0.5) is 0 Å². The molecule has 0 bridgehead atoms. The molecule has 3 atom stereocenters. The van der Waals surface area contributed by atoms with Crippen molar-refractivity contribution in [3.8, 4) is 0 Å². The van der Waals surface area contributed by atoms with Crippen molar-refractivity contribution in [1.29, 1.82) is 0 Å². The van der Waals surface area contributed by atoms with E-state index in [9.17, 15) is 4.79 Å². The maximum absolute atomic E-state index is 12.2. The van der Waals surface area contributed by atoms with Crippen LogP contribution in [-0.2, 0) is 9.53 Å². The second kappa shape index (κ2) is 6.97. The highest BCUT2D eigenvalue weighted by Gasteiger charge is 2.39. The van der Waals surface area contributed by atoms with Crippen molar-refractivity contribution in [1.82, 2.24) is 10.2 Å². The Morgan fingerprint density at radius 1 is 1.41 bits per heavy atom. The molecule has 1 aliphatic rings. The smallest absolute Gasteiger partial charge is 0.241 e. The zero-order valence-corrected chi connectivity index (χ0v) is 11.5. The summed E-state index contributed by atoms with van der Waals surface area (Å²) in [7, 11) is 1.70. The maximum Gasteiger partial charge on any atom is 0.241 e. The monoisotopic (exact) mass is 242 g/mol. The van der Waals surface area contributed by atoms with Gasteiger partial charge in [0, 0.05) is 7.11 Å². The first-order valence-electron chi connectivity index (χ1n) is 6.72. The van der Waals surface area contributed by atoms with Gasteiger partial charge in [-0.15, -0.1) is 0 Å². The first-order chi connectivity index (χ1) is 8.15. The van der Waals surface area contributed by atoms with Crippen molar-refractivity contribution >= 4 is 5.91 Å². The second-order valence-electron chi connectivity index (χ2n) is 4.84. The van der Waals surface area contributed by atoms with Crippen molar-refractivity contribution in [3.05, 3.63) is 0 Å². The van der Waals surface area contributed by atoms with E-state index < -0.39 is 0 Å². The topological polar surface area (TPSA) is 41.6 Å². The van der Waals surface area contributed by atoms with Crippen LogP contribution in [0.3, 0.4) is 0 Å². The molecule has 1 aliphatic heterocycles. The van der Waals surface area contributed by atoms with Gasteiger partial charge in [-0.25, -0.2) is 0 Å². The van der Waals surface area contributed by atoms with Crippen molar-refractivity contribution in [2.24, 2.45) is 0 Å². The third kappa shape index (κ3) is 3.42. The zero-order chi connectivity index (χ0) is 12.8. The summed E-state index contributed by atoms with van der Waals surface area (Å²) >= 11 is 0. The van der Waals surface area contributed by atoms with Gasteiger partial charge in [-0.3, -0.25) is 10.1 Å². The molecule has 1 fully saturated rings. The number of hydrogen-bond acceptors (Lipinski definition) is 3. The van der Waals surface area contributed by atoms with Crippen molar-refractivity contribution in [3.63, 3.8) is 0 Å². The van der Waals surface area contributed by atoms with E-state index in [1.165, 1.54) is 0 Å². The highest BCUT2D eigenvalue weighted by atomic mass is 16.5. The van der Waals surface area contributed by atoms with E-state index in [4.69, 9.17) is 4.74 Å². The molecule has 4 heteroatoms. The van der Waals surface area contributed by atoms with Crippen LogP contribution >= 0.6 is 0 Å². The Morgan fingerprint density at radius 3 is 2.65 bits per heavy atom. The van der Waals surface area contributed by atoms with E-state index in [-0.39, 0.29) is 24.2 Å². The Bertz CT molecular complexity index is 240. The lowest BCUT2D eigenvalue weighted by molar-refractivity contribution is -0.133. The van der Waals surface area contributed by atoms with Gasteiger partial charge in [-0.05, 0) is 19.8 Å². The van der Waals surface area contributed by atoms with Gasteiger partial charge in [0.15, 0.2) is 0 Å². The van der Waals surface area contributed by atoms with Crippen LogP contribution in [0.5, 0.6) is 0 Å². The van der Waals surface area contributed by atoms with Crippen molar-refractivity contribution in [2.75, 3.05) is 13.7 Å². The minimum atomic E-state index is -0.0530. The quantitative estimate of drug-likeness (QED) is 0.739. The number of carbonyl (C=O) groups is 1. The van der Waals surface area contributed by atoms with E-state index in [1.807, 2.05) is 11.8 Å². The normalized spacial score (nSPS) is 26.6. The lowest BCUT2D eigenvalue weighted by Gasteiger charge is -2.32. The number of nitrogens with one attached hydrogen (secondary N) is 1. The number of rotatable bonds is 7. The van der Waals surface area contributed by atoms with Crippen LogP contribution in [0, 0.1) is 0 Å². The van der Waals surface area contributed by atoms with Gasteiger partial charge in [0.05, 0.1) is 24.9 Å². The first kappa shape index (κ1) is 14.5. The number of methoxy groups -OCH3 is 1. The summed E-state index contributed by atoms with van der Waals surface area (Å²) in [5.74, 6) is 0.221. The maximum atomic E-state index is 12.2. The van der Waals surface area contributed by atoms with Crippen LogP contribution in [-0.4, -0.2) is 42.8 Å². The van der Waals surface area contributed by atoms with E-state index in [2.05, 4.69) is 19.2 Å². The molecule has 1 heterocycles. The minimum absolute atomic E-state index is 0.0530. The minimum Gasteiger partial charge on any atom is -0.383 e. The standard InChI is InChI=1S/C13H26N2O2/c1-5-7-11(9-17-4)15-12(8-6-2)14-10(3)13(15)16/h10-12,14H,5-9H2,1-4H3. The lowest BCUT2D eigenvalue weighted by atomic mass is 10.1. The molecular weight excluding hydrogens is 216 g/mol. The van der Waals surface area contributed by atoms with Crippen molar-refractivity contribution < 1.29 is 9.53 Å². The van der Waals surface area contributed by atoms with E-state index in [0.29, 0.717) is 6.61 Å². The summed E-state index contributed by atoms with van der Waals surface area (Å²) in [4.78, 5) is 14.2. The van der Waals surface area contributed by atoms with Crippen LogP contribution in [0.1, 0.15) is 46.5 Å². The third-order valence-corrected chi connectivity index (χ3v) is 3.34. The predicted octanol–water partition coefficient (Wildman–Crippen LogP) is 1.75. The Labute approximate surface area is 105 Å². The van der Waals surface area contributed by atoms with Crippen LogP contribution in [0.2, 0.25) is 0 Å². The second-order valence-corrected chi connectivity index (χ2v) is 4.84. The van der Waals surface area contributed by atoms with Gasteiger partial charge < -0.3 is 9.64 Å². The van der Waals surface area contributed by atoms with Gasteiger partial charge in [0.2, 0.25) is 5.91 Å². The lowest BCUT2D eigenvalue weighted by Crippen LogP contribution is -2.46. The van der Waals surface area contributed by atoms with Crippen LogP contribution in [0.25, 0.3) is 0 Å². The van der Waals surface area contributed by atoms with Crippen molar-refractivity contribution in [2.45, 2.75) is 64.7 Å². The van der Waals surface area contributed by atoms with E-state index in [1.54, 1.807) is 7.11 Å². The molecule has 0 radical (unpaired) electrons. The Balaban J connectivity index is 2.76. The molecule has 100 valence electrons. The molecule has 0 aromatic heterocycles. The first-order valence-corrected chi connectivity index (χ1v) is 6.72. The number of carbonyl (C=O) groups excluding carboxylic acids is 1. The van der Waals surface area contributed by atoms with E-state index >= 15 is 0 Å². The molecule has 0 aromatic rings. The average molecular weight is 242 g/mol. The van der Waals surface area contributed by atoms with Gasteiger partial charge in [0.25, 0.3) is 0 Å². The molecule has 17 heavy (non-hydrogen) atoms. The van der Waals surface area contributed by atoms with Gasteiger partial charge in [-0.1, -0.05) is 26.7 Å². The fraction of sp³-hybridized carbons (Fsp3) is 0.923. The summed E-state index contributed by atoms with van der Waals surface area (Å²) in [6, 6.07) is 0.161. The fourth-order valence-electron chi connectivity index (χ4n) is 2.58. The summed E-state index contributed by atoms with van der Waals surface area (Å²) in [5.41, 5.74) is 0. The van der Waals surface area contributed by atoms with Crippen LogP contribution in [0.15, 0.2) is 0 Å². The third-order valence-electron chi connectivity index (χ3n) is 3.34. The average Bonchev–Trinajstić information content (AvgIpc) is 2.55. The zero-order valence-electron chi connectivity index (χ0n) is 11.5. The molecule has 3 unspecified atom stereocenters. The molecule has 4 nitrogen and oxygen atoms in total. The molecule has 0 saturated carbocycles. The molecular formula is C13H26N2O2. The molecule has 0 aliphatic carbocycles. The number of hydrogen-bond donors (Lipinski definition) is 1. The molecule has 1 saturated heterocycles. The number of nitrogens with zero attached hydrogens (tertiary/aromatic N) is 1. The Hall–Kier alpha value is -0.610. The molecule has 1 rings (SSSR count). The Kier molecular flexibility index (Phi) is 5.92. The van der Waals surface area contributed by atoms with Gasteiger partial charge in [-0.2, -0.15) is 0 Å². The predicted molar refractivity (Wildman–Crippen MR) is 68.7 cm³/mol. The highest BCUT2D eigenvalue weighted by molar-refractivity contribution is 5.84. The molecule has 1 amide bonds. The largest absolute Gasteiger partial charge is 0.383 e. The molecule has 1 N–H and O–H groups in total. The number of ether oxygens (including phenoxy) is 1. The summed E-state index contributed by atoms with van der Waals surface area (Å²) in [6.07, 6.45) is 4.37. The number of amides is 1. The van der Waals surface area contributed by atoms with Gasteiger partial charge in [0.1, 0.15) is 0 Å². The highest BCUT2D eigenvalue weighted by Crippen LogP contribution is 2.21. The van der Waals surface area contributed by atoms with Gasteiger partial charge >= 0.3 is 0 Å². The summed E-state index contributed by atoms with van der Waals surface area (Å²) < 4.78 is 5.26. The Morgan fingerprint density at radius 2 is 2.12 bits per heavy atom. The SMILES string of the molecule is CCCC(COC)N1C(=O)C(C)NC1CCC. The summed E-state index contributed by atoms with van der Waals surface area (Å²) in [5, 5.41) is 3.37. The fourth-order valence-corrected chi connectivity index (χ4v) is 2.58. The molecule has 0 aromatic carbocycles. The summed E-state index contributed by atoms with van der Waals surface area (Å²) in [6.45, 7) is 6.88. The van der Waals surface area contributed by atoms with Crippen LogP contribution < -0.4 is 5.32 Å². The van der Waals surface area contributed by atoms with E-state index in [0.717, 1.165) is 25.7 Å².